The van der Waals surface area contributed by atoms with Crippen molar-refractivity contribution in [3.63, 3.8) is 0 Å². The summed E-state index contributed by atoms with van der Waals surface area (Å²) in [6.07, 6.45) is -0.721. The average Bonchev–Trinajstić information content (AvgIpc) is 3.03. The normalized spacial score (nSPS) is 27.5. The number of nitrogens with one attached hydrogen (secondary N) is 1. The zero-order valence-electron chi connectivity index (χ0n) is 11.6. The molecule has 4 N–H and O–H groups in total. The van der Waals surface area contributed by atoms with Gasteiger partial charge in [-0.05, 0) is 18.0 Å². The van der Waals surface area contributed by atoms with E-state index in [4.69, 9.17) is 28.3 Å². The van der Waals surface area contributed by atoms with Gasteiger partial charge in [0.15, 0.2) is 10.8 Å². The van der Waals surface area contributed by atoms with Gasteiger partial charge in [0, 0.05) is 0 Å². The fraction of sp³-hybridized carbons (Fsp3) is 0.500. The maximum atomic E-state index is 11.3. The Bertz CT molecular complexity index is 754. The topological polar surface area (TPSA) is 133 Å². The number of nitrogens with zero attached hydrogens (tertiary/aromatic N) is 4. The third-order valence-corrected chi connectivity index (χ3v) is 4.28. The largest absolute Gasteiger partial charge is 0.388 e. The molecule has 1 amide bonds. The molecule has 23 heavy (non-hydrogen) atoms. The lowest BCUT2D eigenvalue weighted by Gasteiger charge is -2.18. The standard InChI is InChI=1S/C12H13Cl2N5O4/c13-10-7-11(18-12(14)17-10)19(3-15-7)5-1-4(8(22)9(5)23)16-6(21)2-20/h3-5,8-9,20,22-23H,1-2H2,(H,16,21). The molecule has 4 unspecified atom stereocenters. The molecule has 3 rings (SSSR count). The van der Waals surface area contributed by atoms with Crippen molar-refractivity contribution in [3.8, 4) is 0 Å². The van der Waals surface area contributed by atoms with Crippen molar-refractivity contribution in [2.45, 2.75) is 30.7 Å². The van der Waals surface area contributed by atoms with Gasteiger partial charge >= 0.3 is 0 Å². The minimum absolute atomic E-state index is 0.0672. The fourth-order valence-electron chi connectivity index (χ4n) is 2.78. The van der Waals surface area contributed by atoms with Crippen LogP contribution in [0.2, 0.25) is 10.4 Å². The summed E-state index contributed by atoms with van der Waals surface area (Å²) in [4.78, 5) is 23.2. The first-order valence-electron chi connectivity index (χ1n) is 6.74. The second-order valence-corrected chi connectivity index (χ2v) is 5.92. The summed E-state index contributed by atoms with van der Waals surface area (Å²) in [6.45, 7) is -0.698. The Labute approximate surface area is 139 Å². The van der Waals surface area contributed by atoms with Gasteiger partial charge in [-0.2, -0.15) is 4.98 Å². The Morgan fingerprint density at radius 1 is 1.35 bits per heavy atom. The molecule has 0 aliphatic heterocycles. The predicted octanol–water partition coefficient (Wildman–Crippen LogP) is -0.723. The molecule has 0 bridgehead atoms. The molecule has 2 aromatic rings. The number of imidazole rings is 1. The minimum atomic E-state index is -1.19. The van der Waals surface area contributed by atoms with Gasteiger partial charge in [-0.3, -0.25) is 4.79 Å². The first-order chi connectivity index (χ1) is 10.9. The van der Waals surface area contributed by atoms with Crippen molar-refractivity contribution in [2.75, 3.05) is 6.61 Å². The van der Waals surface area contributed by atoms with E-state index in [-0.39, 0.29) is 16.9 Å². The number of hydrogen-bond donors (Lipinski definition) is 4. The van der Waals surface area contributed by atoms with E-state index in [0.717, 1.165) is 0 Å². The Kier molecular flexibility index (Phi) is 4.39. The molecular weight excluding hydrogens is 349 g/mol. The number of carbonyl (C=O) groups is 1. The highest BCUT2D eigenvalue weighted by Crippen LogP contribution is 2.34. The number of hydrogen-bond acceptors (Lipinski definition) is 7. The molecule has 0 saturated heterocycles. The molecular formula is C12H13Cl2N5O4. The maximum absolute atomic E-state index is 11.3. The highest BCUT2D eigenvalue weighted by atomic mass is 35.5. The summed E-state index contributed by atoms with van der Waals surface area (Å²) in [6, 6.07) is -1.30. The molecule has 0 aromatic carbocycles. The van der Waals surface area contributed by atoms with Gasteiger partial charge < -0.3 is 25.2 Å². The highest BCUT2D eigenvalue weighted by molar-refractivity contribution is 6.35. The second-order valence-electron chi connectivity index (χ2n) is 5.22. The minimum Gasteiger partial charge on any atom is -0.388 e. The summed E-state index contributed by atoms with van der Waals surface area (Å²) < 4.78 is 1.54. The number of fused-ring (bicyclic) bond motifs is 1. The molecule has 1 saturated carbocycles. The van der Waals surface area contributed by atoms with E-state index in [0.29, 0.717) is 11.2 Å². The zero-order chi connectivity index (χ0) is 16.7. The SMILES string of the molecule is O=C(CO)NC1CC(n2cnc3c(Cl)nc(Cl)nc32)C(O)C1O. The molecule has 1 aliphatic carbocycles. The summed E-state index contributed by atoms with van der Waals surface area (Å²) in [5.74, 6) is -0.634. The van der Waals surface area contributed by atoms with Crippen LogP contribution >= 0.6 is 23.2 Å². The molecule has 9 nitrogen and oxygen atoms in total. The van der Waals surface area contributed by atoms with Crippen LogP contribution in [0.1, 0.15) is 12.5 Å². The van der Waals surface area contributed by atoms with Gasteiger partial charge in [-0.15, -0.1) is 0 Å². The van der Waals surface area contributed by atoms with E-state index >= 15 is 0 Å². The van der Waals surface area contributed by atoms with E-state index < -0.39 is 36.8 Å². The predicted molar refractivity (Wildman–Crippen MR) is 80.0 cm³/mol. The Balaban J connectivity index is 1.94. The molecule has 0 spiro atoms. The van der Waals surface area contributed by atoms with Crippen LogP contribution < -0.4 is 5.32 Å². The monoisotopic (exact) mass is 361 g/mol. The Morgan fingerprint density at radius 3 is 2.78 bits per heavy atom. The van der Waals surface area contributed by atoms with Crippen molar-refractivity contribution in [3.05, 3.63) is 16.8 Å². The van der Waals surface area contributed by atoms with Crippen LogP contribution in [-0.2, 0) is 4.79 Å². The van der Waals surface area contributed by atoms with Crippen molar-refractivity contribution in [1.82, 2.24) is 24.8 Å². The van der Waals surface area contributed by atoms with Crippen LogP contribution in [0.25, 0.3) is 11.2 Å². The van der Waals surface area contributed by atoms with E-state index in [9.17, 15) is 15.0 Å². The molecule has 2 heterocycles. The van der Waals surface area contributed by atoms with Gasteiger partial charge in [0.2, 0.25) is 11.2 Å². The number of halogens is 2. The number of carbonyl (C=O) groups excluding carboxylic acids is 1. The second kappa shape index (κ2) is 6.17. The Hall–Kier alpha value is -1.52. The van der Waals surface area contributed by atoms with E-state index in [1.54, 1.807) is 0 Å². The first kappa shape index (κ1) is 16.3. The number of aromatic nitrogens is 4. The van der Waals surface area contributed by atoms with Gasteiger partial charge in [0.05, 0.1) is 18.4 Å². The number of aliphatic hydroxyl groups is 3. The van der Waals surface area contributed by atoms with Crippen LogP contribution in [0.5, 0.6) is 0 Å². The molecule has 1 fully saturated rings. The third-order valence-electron chi connectivity index (χ3n) is 3.85. The van der Waals surface area contributed by atoms with Gasteiger partial charge in [-0.25, -0.2) is 9.97 Å². The zero-order valence-corrected chi connectivity index (χ0v) is 13.1. The van der Waals surface area contributed by atoms with Crippen LogP contribution in [0.4, 0.5) is 0 Å². The van der Waals surface area contributed by atoms with E-state index in [1.807, 2.05) is 0 Å². The van der Waals surface area contributed by atoms with E-state index in [1.165, 1.54) is 10.9 Å². The molecule has 11 heteroatoms. The molecule has 4 atom stereocenters. The van der Waals surface area contributed by atoms with Crippen molar-refractivity contribution in [1.29, 1.82) is 0 Å². The number of rotatable bonds is 3. The molecule has 0 radical (unpaired) electrons. The summed E-state index contributed by atoms with van der Waals surface area (Å²) in [7, 11) is 0. The van der Waals surface area contributed by atoms with Crippen LogP contribution in [0.3, 0.4) is 0 Å². The third kappa shape index (κ3) is 2.86. The maximum Gasteiger partial charge on any atom is 0.246 e. The first-order valence-corrected chi connectivity index (χ1v) is 7.50. The molecule has 1 aliphatic rings. The summed E-state index contributed by atoms with van der Waals surface area (Å²) >= 11 is 11.8. The van der Waals surface area contributed by atoms with Gasteiger partial charge in [-0.1, -0.05) is 11.6 Å². The van der Waals surface area contributed by atoms with E-state index in [2.05, 4.69) is 20.3 Å². The lowest BCUT2D eigenvalue weighted by molar-refractivity contribution is -0.125. The van der Waals surface area contributed by atoms with Crippen LogP contribution in [0.15, 0.2) is 6.33 Å². The van der Waals surface area contributed by atoms with Crippen molar-refractivity contribution >= 4 is 40.3 Å². The molecule has 124 valence electrons. The molecule has 2 aromatic heterocycles. The summed E-state index contributed by atoms with van der Waals surface area (Å²) in [5, 5.41) is 31.6. The van der Waals surface area contributed by atoms with Crippen molar-refractivity contribution in [2.24, 2.45) is 0 Å². The smallest absolute Gasteiger partial charge is 0.246 e. The fourth-order valence-corrected chi connectivity index (χ4v) is 3.20. The van der Waals surface area contributed by atoms with Gasteiger partial charge in [0.25, 0.3) is 0 Å². The average molecular weight is 362 g/mol. The Morgan fingerprint density at radius 2 is 2.09 bits per heavy atom. The van der Waals surface area contributed by atoms with Gasteiger partial charge in [0.1, 0.15) is 24.3 Å². The number of aliphatic hydroxyl groups excluding tert-OH is 3. The van der Waals surface area contributed by atoms with Crippen LogP contribution in [-0.4, -0.2) is 65.6 Å². The quantitative estimate of drug-likeness (QED) is 0.418. The number of amides is 1. The summed E-state index contributed by atoms with van der Waals surface area (Å²) in [5.41, 5.74) is 0.640. The lowest BCUT2D eigenvalue weighted by Crippen LogP contribution is -2.44. The highest BCUT2D eigenvalue weighted by Gasteiger charge is 2.43. The van der Waals surface area contributed by atoms with Crippen LogP contribution in [0, 0.1) is 0 Å². The van der Waals surface area contributed by atoms with Crippen molar-refractivity contribution < 1.29 is 20.1 Å². The lowest BCUT2D eigenvalue weighted by atomic mass is 10.2.